The van der Waals surface area contributed by atoms with Gasteiger partial charge in [0.05, 0.1) is 13.2 Å². The molecule has 4 N–H and O–H groups in total. The van der Waals surface area contributed by atoms with Crippen molar-refractivity contribution in [1.29, 1.82) is 0 Å². The lowest BCUT2D eigenvalue weighted by molar-refractivity contribution is -0.163. The molecule has 0 rings (SSSR count). The fraction of sp³-hybridized carbons (Fsp3) is 0.917. The van der Waals surface area contributed by atoms with Gasteiger partial charge in [-0.2, -0.15) is 0 Å². The summed E-state index contributed by atoms with van der Waals surface area (Å²) in [7, 11) is 0. The van der Waals surface area contributed by atoms with Gasteiger partial charge in [-0.25, -0.2) is 0 Å². The zero-order valence-electron chi connectivity index (χ0n) is 11.6. The molecule has 0 amide bonds. The topological polar surface area (TPSA) is 96.0 Å². The van der Waals surface area contributed by atoms with Crippen molar-refractivity contribution < 1.29 is 19.7 Å². The Morgan fingerprint density at radius 3 is 2.33 bits per heavy atom. The van der Waals surface area contributed by atoms with E-state index in [-0.39, 0.29) is 13.2 Å². The molecule has 0 aliphatic heterocycles. The number of aliphatic hydroxyl groups is 2. The lowest BCUT2D eigenvalue weighted by Gasteiger charge is -2.30. The number of hydrogen-bond acceptors (Lipinski definition) is 6. The van der Waals surface area contributed by atoms with Crippen LogP contribution in [0, 0.1) is 0 Å². The molecule has 6 nitrogen and oxygen atoms in total. The highest BCUT2D eigenvalue weighted by Gasteiger charge is 2.29. The van der Waals surface area contributed by atoms with Crippen LogP contribution in [-0.4, -0.2) is 65.6 Å². The minimum atomic E-state index is -0.747. The minimum absolute atomic E-state index is 0.0795. The number of carbonyl (C=O) groups excluding carboxylic acids is 1. The Hall–Kier alpha value is -0.690. The van der Waals surface area contributed by atoms with Gasteiger partial charge < -0.3 is 20.7 Å². The molecule has 0 aliphatic rings. The molecule has 0 saturated heterocycles. The van der Waals surface area contributed by atoms with Crippen LogP contribution in [0.5, 0.6) is 0 Å². The van der Waals surface area contributed by atoms with Gasteiger partial charge in [0.2, 0.25) is 0 Å². The average Bonchev–Trinajstić information content (AvgIpc) is 2.24. The Morgan fingerprint density at radius 2 is 1.94 bits per heavy atom. The van der Waals surface area contributed by atoms with Gasteiger partial charge in [0, 0.05) is 13.1 Å². The molecule has 0 bridgehead atoms. The SMILES string of the molecule is CC(C)(C)OC(=O)C(CO)N(CCO)CCCN. The van der Waals surface area contributed by atoms with Crippen molar-refractivity contribution in [1.82, 2.24) is 4.90 Å². The first-order chi connectivity index (χ1) is 8.35. The van der Waals surface area contributed by atoms with Crippen LogP contribution in [0.25, 0.3) is 0 Å². The van der Waals surface area contributed by atoms with E-state index in [2.05, 4.69) is 0 Å². The second kappa shape index (κ2) is 8.42. The van der Waals surface area contributed by atoms with E-state index in [1.807, 2.05) is 0 Å². The third-order valence-electron chi connectivity index (χ3n) is 2.33. The molecule has 0 spiro atoms. The maximum Gasteiger partial charge on any atom is 0.326 e. The lowest BCUT2D eigenvalue weighted by atomic mass is 10.1. The molecule has 108 valence electrons. The summed E-state index contributed by atoms with van der Waals surface area (Å²) in [5, 5.41) is 18.3. The maximum absolute atomic E-state index is 11.9. The monoisotopic (exact) mass is 262 g/mol. The highest BCUT2D eigenvalue weighted by molar-refractivity contribution is 5.76. The molecular formula is C12H26N2O4. The number of ether oxygens (including phenoxy) is 1. The van der Waals surface area contributed by atoms with Gasteiger partial charge in [0.25, 0.3) is 0 Å². The van der Waals surface area contributed by atoms with E-state index in [0.717, 1.165) is 0 Å². The molecule has 0 saturated carbocycles. The first kappa shape index (κ1) is 17.3. The molecule has 6 heteroatoms. The molecule has 1 atom stereocenters. The highest BCUT2D eigenvalue weighted by Crippen LogP contribution is 2.11. The van der Waals surface area contributed by atoms with Crippen LogP contribution in [0.4, 0.5) is 0 Å². The quantitative estimate of drug-likeness (QED) is 0.502. The second-order valence-electron chi connectivity index (χ2n) is 5.13. The van der Waals surface area contributed by atoms with E-state index in [1.54, 1.807) is 25.7 Å². The van der Waals surface area contributed by atoms with Crippen molar-refractivity contribution in [3.63, 3.8) is 0 Å². The largest absolute Gasteiger partial charge is 0.459 e. The number of carbonyl (C=O) groups is 1. The number of rotatable bonds is 8. The summed E-state index contributed by atoms with van der Waals surface area (Å²) in [6, 6.07) is -0.747. The molecule has 0 aromatic heterocycles. The van der Waals surface area contributed by atoms with Gasteiger partial charge >= 0.3 is 5.97 Å². The predicted octanol–water partition coefficient (Wildman–Crippen LogP) is -0.668. The molecule has 0 aromatic carbocycles. The number of nitrogens with two attached hydrogens (primary N) is 1. The summed E-state index contributed by atoms with van der Waals surface area (Å²) in [6.07, 6.45) is 0.694. The third kappa shape index (κ3) is 6.90. The van der Waals surface area contributed by atoms with Crippen molar-refractivity contribution in [2.45, 2.75) is 38.8 Å². The van der Waals surface area contributed by atoms with Gasteiger partial charge in [0.1, 0.15) is 11.6 Å². The molecule has 0 radical (unpaired) electrons. The molecule has 0 aliphatic carbocycles. The van der Waals surface area contributed by atoms with Crippen molar-refractivity contribution in [3.05, 3.63) is 0 Å². The molecular weight excluding hydrogens is 236 g/mol. The zero-order chi connectivity index (χ0) is 14.2. The summed E-state index contributed by atoms with van der Waals surface area (Å²) >= 11 is 0. The van der Waals surface area contributed by atoms with Crippen LogP contribution in [0.1, 0.15) is 27.2 Å². The summed E-state index contributed by atoms with van der Waals surface area (Å²) in [5.74, 6) is -0.476. The van der Waals surface area contributed by atoms with E-state index in [4.69, 9.17) is 15.6 Å². The summed E-state index contributed by atoms with van der Waals surface area (Å²) in [4.78, 5) is 13.6. The summed E-state index contributed by atoms with van der Waals surface area (Å²) in [5.41, 5.74) is 4.83. The maximum atomic E-state index is 11.9. The zero-order valence-corrected chi connectivity index (χ0v) is 11.6. The fourth-order valence-corrected chi connectivity index (χ4v) is 1.56. The summed E-state index contributed by atoms with van der Waals surface area (Å²) in [6.45, 7) is 6.25. The predicted molar refractivity (Wildman–Crippen MR) is 69.0 cm³/mol. The van der Waals surface area contributed by atoms with Crippen molar-refractivity contribution in [2.24, 2.45) is 5.73 Å². The molecule has 1 unspecified atom stereocenters. The Morgan fingerprint density at radius 1 is 1.33 bits per heavy atom. The number of aliphatic hydroxyl groups excluding tert-OH is 2. The summed E-state index contributed by atoms with van der Waals surface area (Å²) < 4.78 is 5.24. The van der Waals surface area contributed by atoms with Crippen LogP contribution >= 0.6 is 0 Å². The van der Waals surface area contributed by atoms with E-state index < -0.39 is 17.6 Å². The number of nitrogens with zero attached hydrogens (tertiary/aromatic N) is 1. The third-order valence-corrected chi connectivity index (χ3v) is 2.33. The first-order valence-corrected chi connectivity index (χ1v) is 6.24. The van der Waals surface area contributed by atoms with E-state index in [1.165, 1.54) is 0 Å². The van der Waals surface area contributed by atoms with Crippen LogP contribution < -0.4 is 5.73 Å². The lowest BCUT2D eigenvalue weighted by Crippen LogP contribution is -2.48. The smallest absolute Gasteiger partial charge is 0.326 e. The average molecular weight is 262 g/mol. The van der Waals surface area contributed by atoms with Gasteiger partial charge in [0.15, 0.2) is 0 Å². The number of hydrogen-bond donors (Lipinski definition) is 3. The fourth-order valence-electron chi connectivity index (χ4n) is 1.56. The van der Waals surface area contributed by atoms with Crippen molar-refractivity contribution >= 4 is 5.97 Å². The first-order valence-electron chi connectivity index (χ1n) is 6.24. The van der Waals surface area contributed by atoms with E-state index in [0.29, 0.717) is 26.1 Å². The van der Waals surface area contributed by atoms with Crippen LogP contribution in [0.3, 0.4) is 0 Å². The van der Waals surface area contributed by atoms with Gasteiger partial charge in [-0.05, 0) is 33.7 Å². The van der Waals surface area contributed by atoms with E-state index in [9.17, 15) is 9.90 Å². The molecule has 18 heavy (non-hydrogen) atoms. The molecule has 0 fully saturated rings. The van der Waals surface area contributed by atoms with Crippen molar-refractivity contribution in [2.75, 3.05) is 32.8 Å². The van der Waals surface area contributed by atoms with Gasteiger partial charge in [-0.3, -0.25) is 9.69 Å². The Balaban J connectivity index is 4.61. The Kier molecular flexibility index (Phi) is 8.10. The number of esters is 1. The molecule has 0 heterocycles. The normalized spacial score (nSPS) is 13.7. The standard InChI is InChI=1S/C12H26N2O4/c1-12(2,3)18-11(17)10(9-16)14(7-8-15)6-4-5-13/h10,15-16H,4-9,13H2,1-3H3. The van der Waals surface area contributed by atoms with Crippen molar-refractivity contribution in [3.8, 4) is 0 Å². The van der Waals surface area contributed by atoms with Gasteiger partial charge in [-0.15, -0.1) is 0 Å². The van der Waals surface area contributed by atoms with Crippen LogP contribution in [0.2, 0.25) is 0 Å². The van der Waals surface area contributed by atoms with Gasteiger partial charge in [-0.1, -0.05) is 0 Å². The van der Waals surface area contributed by atoms with E-state index >= 15 is 0 Å². The van der Waals surface area contributed by atoms with Crippen LogP contribution in [-0.2, 0) is 9.53 Å². The second-order valence-corrected chi connectivity index (χ2v) is 5.13. The molecule has 0 aromatic rings. The highest BCUT2D eigenvalue weighted by atomic mass is 16.6. The Labute approximate surface area is 109 Å². The minimum Gasteiger partial charge on any atom is -0.459 e. The van der Waals surface area contributed by atoms with Crippen LogP contribution in [0.15, 0.2) is 0 Å². The Bertz CT molecular complexity index is 241.